The van der Waals surface area contributed by atoms with Crippen LogP contribution in [0.1, 0.15) is 35.8 Å². The molecule has 13 heteroatoms. The second-order valence-corrected chi connectivity index (χ2v) is 7.74. The van der Waals surface area contributed by atoms with Gasteiger partial charge < -0.3 is 26.1 Å². The van der Waals surface area contributed by atoms with Gasteiger partial charge in [-0.15, -0.1) is 0 Å². The number of anilines is 1. The molecule has 1 aliphatic heterocycles. The molecular weight excluding hydrogens is 457 g/mol. The van der Waals surface area contributed by atoms with Crippen molar-refractivity contribution in [2.75, 3.05) is 5.32 Å². The van der Waals surface area contributed by atoms with Gasteiger partial charge in [0.05, 0.1) is 5.69 Å². The number of halogens is 5. The molecule has 1 aromatic carbocycles. The van der Waals surface area contributed by atoms with E-state index in [1.54, 1.807) is 0 Å². The predicted octanol–water partition coefficient (Wildman–Crippen LogP) is 2.48. The number of phenolic OH excluding ortho intramolecular Hbond substituents is 1. The van der Waals surface area contributed by atoms with E-state index in [4.69, 9.17) is 10.5 Å². The Kier molecular flexibility index (Phi) is 5.96. The minimum atomic E-state index is -4.96. The number of aromatic hydroxyl groups is 1. The molecule has 2 amide bonds. The number of carbonyl (C=O) groups excluding carboxylic acids is 2. The van der Waals surface area contributed by atoms with Crippen molar-refractivity contribution in [2.24, 2.45) is 11.7 Å². The number of rotatable bonds is 4. The monoisotopic (exact) mass is 475 g/mol. The molecule has 2 heterocycles. The van der Waals surface area contributed by atoms with Crippen LogP contribution in [0.25, 0.3) is 0 Å². The number of phenols is 1. The van der Waals surface area contributed by atoms with Crippen LogP contribution in [-0.4, -0.2) is 34.8 Å². The maximum Gasteiger partial charge on any atom is 0.417 e. The zero-order valence-electron chi connectivity index (χ0n) is 17.1. The number of nitrogens with zero attached hydrogens (tertiary/aromatic N) is 1. The fourth-order valence-corrected chi connectivity index (χ4v) is 3.81. The summed E-state index contributed by atoms with van der Waals surface area (Å²) in [6.07, 6.45) is -6.04. The zero-order valence-corrected chi connectivity index (χ0v) is 17.1. The standard InChI is InChI=1S/C20H18F5N3O5/c1-8-13(10-3-4-11(21)14(22)15(10)29)16(33-19(8,2)20(23,24)25)18(31)27-9-5-6-28(32)12(7-9)17(26)30/h3-8,13,16,29H,1-2H3,(H2,26,30)(H,27,31)/t8-,13-,16+,19+/m1/s1. The molecule has 0 spiro atoms. The fraction of sp³-hybridized carbons (Fsp3) is 0.350. The van der Waals surface area contributed by atoms with Crippen LogP contribution in [0, 0.1) is 22.8 Å². The summed E-state index contributed by atoms with van der Waals surface area (Å²) < 4.78 is 74.2. The Hall–Kier alpha value is -3.48. The molecule has 1 aromatic heterocycles. The van der Waals surface area contributed by atoms with Gasteiger partial charge in [0.15, 0.2) is 23.4 Å². The van der Waals surface area contributed by atoms with Crippen molar-refractivity contribution in [2.45, 2.75) is 37.6 Å². The van der Waals surface area contributed by atoms with Gasteiger partial charge >= 0.3 is 12.1 Å². The highest BCUT2D eigenvalue weighted by molar-refractivity contribution is 5.97. The van der Waals surface area contributed by atoms with Gasteiger partial charge in [-0.3, -0.25) is 9.59 Å². The number of carbonyl (C=O) groups is 2. The number of nitrogens with one attached hydrogen (secondary N) is 1. The third kappa shape index (κ3) is 4.03. The van der Waals surface area contributed by atoms with Crippen LogP contribution in [-0.2, 0) is 9.53 Å². The van der Waals surface area contributed by atoms with Gasteiger partial charge in [-0.25, -0.2) is 4.39 Å². The molecule has 4 atom stereocenters. The first-order chi connectivity index (χ1) is 15.2. The molecule has 1 saturated heterocycles. The Labute approximate surface area is 183 Å². The highest BCUT2D eigenvalue weighted by atomic mass is 19.4. The van der Waals surface area contributed by atoms with E-state index in [2.05, 4.69) is 5.32 Å². The average Bonchev–Trinajstić information content (AvgIpc) is 3.00. The number of hydrogen-bond donors (Lipinski definition) is 3. The first-order valence-corrected chi connectivity index (χ1v) is 9.44. The lowest BCUT2D eigenvalue weighted by Crippen LogP contribution is -2.47. The topological polar surface area (TPSA) is 129 Å². The van der Waals surface area contributed by atoms with E-state index < -0.39 is 70.2 Å². The van der Waals surface area contributed by atoms with Crippen LogP contribution < -0.4 is 15.8 Å². The van der Waals surface area contributed by atoms with Gasteiger partial charge in [0.1, 0.15) is 6.10 Å². The highest BCUT2D eigenvalue weighted by Crippen LogP contribution is 2.54. The van der Waals surface area contributed by atoms with Crippen molar-refractivity contribution in [3.63, 3.8) is 0 Å². The van der Waals surface area contributed by atoms with Gasteiger partial charge in [-0.2, -0.15) is 22.3 Å². The van der Waals surface area contributed by atoms with Gasteiger partial charge in [-0.05, 0) is 13.0 Å². The van der Waals surface area contributed by atoms with E-state index in [1.807, 2.05) is 0 Å². The van der Waals surface area contributed by atoms with Gasteiger partial charge in [0.2, 0.25) is 5.82 Å². The van der Waals surface area contributed by atoms with Crippen LogP contribution in [0.4, 0.5) is 27.6 Å². The number of pyridine rings is 1. The summed E-state index contributed by atoms with van der Waals surface area (Å²) in [4.78, 5) is 24.3. The van der Waals surface area contributed by atoms with Crippen molar-refractivity contribution >= 4 is 17.5 Å². The summed E-state index contributed by atoms with van der Waals surface area (Å²) in [6, 6.07) is 3.44. The number of benzene rings is 1. The number of primary amides is 1. The molecule has 0 radical (unpaired) electrons. The predicted molar refractivity (Wildman–Crippen MR) is 102 cm³/mol. The molecule has 0 aliphatic carbocycles. The Morgan fingerprint density at radius 3 is 2.48 bits per heavy atom. The smallest absolute Gasteiger partial charge is 0.417 e. The summed E-state index contributed by atoms with van der Waals surface area (Å²) in [7, 11) is 0. The van der Waals surface area contributed by atoms with Crippen molar-refractivity contribution in [3.8, 4) is 5.75 Å². The molecule has 3 rings (SSSR count). The molecule has 0 saturated carbocycles. The molecular formula is C20H18F5N3O5. The number of nitrogens with two attached hydrogens (primary N) is 1. The SMILES string of the molecule is C[C@@H]1[C@H](c2ccc(F)c(F)c2O)[C@@H](C(=O)Nc2cc[n+]([O-])c(C(N)=O)c2)O[C@]1(C)C(F)(F)F. The Morgan fingerprint density at radius 1 is 1.27 bits per heavy atom. The minimum absolute atomic E-state index is 0.120. The van der Waals surface area contributed by atoms with E-state index in [1.165, 1.54) is 0 Å². The molecule has 178 valence electrons. The molecule has 0 bridgehead atoms. The average molecular weight is 475 g/mol. The lowest BCUT2D eigenvalue weighted by atomic mass is 9.77. The number of aromatic nitrogens is 1. The largest absolute Gasteiger partial charge is 0.618 e. The Morgan fingerprint density at radius 2 is 1.91 bits per heavy atom. The van der Waals surface area contributed by atoms with E-state index in [0.29, 0.717) is 13.0 Å². The first kappa shape index (κ1) is 24.2. The zero-order chi connectivity index (χ0) is 24.9. The van der Waals surface area contributed by atoms with Crippen LogP contribution in [0.15, 0.2) is 30.5 Å². The summed E-state index contributed by atoms with van der Waals surface area (Å²) in [5.41, 5.74) is 1.00. The van der Waals surface area contributed by atoms with E-state index in [-0.39, 0.29) is 10.4 Å². The maximum absolute atomic E-state index is 14.0. The van der Waals surface area contributed by atoms with Crippen molar-refractivity contribution in [1.29, 1.82) is 0 Å². The molecule has 1 fully saturated rings. The molecule has 4 N–H and O–H groups in total. The lowest BCUT2D eigenvalue weighted by Gasteiger charge is -2.31. The van der Waals surface area contributed by atoms with E-state index >= 15 is 0 Å². The normalized spacial score (nSPS) is 25.1. The quantitative estimate of drug-likeness (QED) is 0.356. The molecule has 2 aromatic rings. The van der Waals surface area contributed by atoms with Crippen LogP contribution in [0.2, 0.25) is 0 Å². The van der Waals surface area contributed by atoms with Crippen molar-refractivity contribution in [3.05, 3.63) is 58.6 Å². The van der Waals surface area contributed by atoms with Crippen LogP contribution in [0.5, 0.6) is 5.75 Å². The number of ether oxygens (including phenoxy) is 1. The van der Waals surface area contributed by atoms with Crippen molar-refractivity contribution < 1.29 is 46.1 Å². The van der Waals surface area contributed by atoms with Crippen LogP contribution in [0.3, 0.4) is 0 Å². The minimum Gasteiger partial charge on any atom is -0.618 e. The molecule has 1 aliphatic rings. The Bertz CT molecular complexity index is 1130. The number of alkyl halides is 3. The first-order valence-electron chi connectivity index (χ1n) is 9.44. The molecule has 8 nitrogen and oxygen atoms in total. The number of amides is 2. The third-order valence-corrected chi connectivity index (χ3v) is 5.83. The maximum atomic E-state index is 14.0. The summed E-state index contributed by atoms with van der Waals surface area (Å²) >= 11 is 0. The summed E-state index contributed by atoms with van der Waals surface area (Å²) in [5.74, 6) is -9.71. The van der Waals surface area contributed by atoms with Gasteiger partial charge in [0, 0.05) is 29.5 Å². The molecule has 33 heavy (non-hydrogen) atoms. The second kappa shape index (κ2) is 8.14. The molecule has 0 unspecified atom stereocenters. The lowest BCUT2D eigenvalue weighted by molar-refractivity contribution is -0.607. The van der Waals surface area contributed by atoms with Crippen molar-refractivity contribution in [1.82, 2.24) is 0 Å². The number of hydrogen-bond acceptors (Lipinski definition) is 5. The van der Waals surface area contributed by atoms with E-state index in [9.17, 15) is 41.9 Å². The van der Waals surface area contributed by atoms with Crippen LogP contribution >= 0.6 is 0 Å². The summed E-state index contributed by atoms with van der Waals surface area (Å²) in [6.45, 7) is 1.79. The van der Waals surface area contributed by atoms with Gasteiger partial charge in [0.25, 0.3) is 11.6 Å². The van der Waals surface area contributed by atoms with E-state index in [0.717, 1.165) is 31.3 Å². The summed E-state index contributed by atoms with van der Waals surface area (Å²) in [5, 5.41) is 23.9. The second-order valence-electron chi connectivity index (χ2n) is 7.74. The fourth-order valence-electron chi connectivity index (χ4n) is 3.81. The third-order valence-electron chi connectivity index (χ3n) is 5.83. The Balaban J connectivity index is 2.05. The van der Waals surface area contributed by atoms with Gasteiger partial charge in [-0.1, -0.05) is 13.0 Å². The highest BCUT2D eigenvalue weighted by Gasteiger charge is 2.65.